The molecule has 19 atom stereocenters. The second-order valence-corrected chi connectivity index (χ2v) is 35.9. The molecule has 26 heteroatoms. The summed E-state index contributed by atoms with van der Waals surface area (Å²) in [5, 5.41) is 102. The van der Waals surface area contributed by atoms with E-state index in [0.717, 1.165) is 141 Å². The lowest BCUT2D eigenvalue weighted by Gasteiger charge is -2.50. The van der Waals surface area contributed by atoms with Crippen molar-refractivity contribution in [2.75, 3.05) is 26.4 Å². The number of unbranched alkanes of at least 4 members (excludes halogenated alkanes) is 47. The monoisotopic (exact) mass is 1710 g/mol. The van der Waals surface area contributed by atoms with E-state index in [1.807, 2.05) is 0 Å². The number of aliphatic hydroxyl groups excluding tert-OH is 9. The topological polar surface area (TPSA) is 380 Å². The molecule has 0 bridgehead atoms. The minimum Gasteiger partial charge on any atom is -0.463 e. The predicted molar refractivity (Wildman–Crippen MR) is 458 cm³/mol. The normalized spacial score (nSPS) is 25.2. The highest BCUT2D eigenvalue weighted by atomic mass is 31.2. The van der Waals surface area contributed by atoms with Crippen molar-refractivity contribution in [2.45, 2.75) is 518 Å². The summed E-state index contributed by atoms with van der Waals surface area (Å²) in [6, 6.07) is 0. The molecule has 10 N–H and O–H groups in total. The minimum absolute atomic E-state index is 0.0175. The maximum Gasteiger partial charge on any atom is 0.472 e. The van der Waals surface area contributed by atoms with Crippen LogP contribution >= 0.6 is 7.82 Å². The summed E-state index contributed by atoms with van der Waals surface area (Å²) >= 11 is 0. The lowest BCUT2D eigenvalue weighted by Crippen LogP contribution is -2.70. The van der Waals surface area contributed by atoms with Gasteiger partial charge in [-0.25, -0.2) is 4.57 Å². The molecule has 3 aliphatic rings. The van der Waals surface area contributed by atoms with Crippen molar-refractivity contribution < 1.29 is 122 Å². The molecule has 0 radical (unpaired) electrons. The maximum absolute atomic E-state index is 14.9. The number of allylic oxidation sites excluding steroid dienone is 2. The second-order valence-electron chi connectivity index (χ2n) is 34.5. The van der Waals surface area contributed by atoms with Crippen molar-refractivity contribution in [1.82, 2.24) is 0 Å². The van der Waals surface area contributed by atoms with E-state index in [1.54, 1.807) is 0 Å². The Morgan fingerprint density at radius 3 is 1.10 bits per heavy atom. The largest absolute Gasteiger partial charge is 0.472 e. The number of aliphatic hydroxyl groups is 9. The van der Waals surface area contributed by atoms with Crippen LogP contribution in [0.2, 0.25) is 0 Å². The lowest BCUT2D eigenvalue weighted by molar-refractivity contribution is -0.360. The smallest absolute Gasteiger partial charge is 0.463 e. The Hall–Kier alpha value is -2.79. The predicted octanol–water partition coefficient (Wildman–Crippen LogP) is 17.8. The highest BCUT2D eigenvalue weighted by Gasteiger charge is 2.60. The van der Waals surface area contributed by atoms with Crippen LogP contribution < -0.4 is 0 Å². The molecule has 0 spiro atoms. The summed E-state index contributed by atoms with van der Waals surface area (Å²) in [6.45, 7) is 7.93. The zero-order valence-electron chi connectivity index (χ0n) is 74.1. The SMILES string of the molecule is CCCCCC/C=C\CCCCCCCCCC(=O)OC1C(O)C(O)C(OC2OC(CO)C(O)C(O)C2O)C(OP(=O)(O)OCC(COC(=O)CCCCCCCCCCCCCCCCC)OC(=O)CCCCCCCCC(C)CCCCCCCC)C1OC1OC(COC(=O)CCCCCCCCCCCCCCC)C(O)C(O)C1O. The number of hydrogen-bond acceptors (Lipinski definition) is 24. The van der Waals surface area contributed by atoms with E-state index < -0.39 is 162 Å². The van der Waals surface area contributed by atoms with Crippen LogP contribution in [-0.2, 0) is 70.7 Å². The fourth-order valence-corrected chi connectivity index (χ4v) is 16.9. The van der Waals surface area contributed by atoms with Gasteiger partial charge < -0.3 is 88.7 Å². The van der Waals surface area contributed by atoms with Crippen molar-refractivity contribution in [3.63, 3.8) is 0 Å². The highest BCUT2D eigenvalue weighted by molar-refractivity contribution is 7.47. The van der Waals surface area contributed by atoms with Crippen LogP contribution in [0.4, 0.5) is 0 Å². The first-order valence-corrected chi connectivity index (χ1v) is 49.3. The van der Waals surface area contributed by atoms with Gasteiger partial charge in [0.2, 0.25) is 0 Å². The Morgan fingerprint density at radius 2 is 0.686 bits per heavy atom. The molecule has 0 aromatic carbocycles. The molecule has 1 aliphatic carbocycles. The van der Waals surface area contributed by atoms with Gasteiger partial charge in [0.25, 0.3) is 0 Å². The molecule has 2 heterocycles. The van der Waals surface area contributed by atoms with Gasteiger partial charge in [0.1, 0.15) is 92.6 Å². The van der Waals surface area contributed by atoms with Crippen LogP contribution in [0.1, 0.15) is 413 Å². The van der Waals surface area contributed by atoms with Crippen molar-refractivity contribution >= 4 is 31.7 Å². The number of phosphoric acid groups is 1. The molecule has 0 aromatic rings. The minimum atomic E-state index is -5.81. The summed E-state index contributed by atoms with van der Waals surface area (Å²) in [4.78, 5) is 66.6. The molecular weight excluding hydrogens is 1540 g/mol. The zero-order chi connectivity index (χ0) is 86.2. The van der Waals surface area contributed by atoms with Crippen molar-refractivity contribution in [2.24, 2.45) is 5.92 Å². The Balaban J connectivity index is 1.92. The first kappa shape index (κ1) is 109. The van der Waals surface area contributed by atoms with E-state index in [9.17, 15) is 74.6 Å². The lowest BCUT2D eigenvalue weighted by atomic mass is 9.84. The van der Waals surface area contributed by atoms with Gasteiger partial charge in [0.05, 0.1) is 13.2 Å². The van der Waals surface area contributed by atoms with Crippen molar-refractivity contribution in [1.29, 1.82) is 0 Å². The standard InChI is InChI=1S/C92H171O25P/c1-6-10-14-18-22-25-28-31-33-36-39-41-44-51-57-63-75(94)108-68-72(111-77(96)65-59-54-48-47-50-56-62-71(5)61-55-49-21-17-13-9-4)69-110-118(106,107)117-90-88(115-91-85(104)81(100)79(98)73(67-93)112-91)84(103)83(102)87(114-78(97)66-60-53-46-43-40-37-34-32-29-26-23-19-15-11-7-2)89(90)116-92-86(105)82(101)80(99)74(113-92)70-109-76(95)64-58-52-45-42-38-35-30-27-24-20-16-12-8-3/h26,29,71-74,79-93,98-105H,6-25,27-28,30-70H2,1-5H3,(H,106,107)/b29-26-. The van der Waals surface area contributed by atoms with Gasteiger partial charge >= 0.3 is 31.7 Å². The molecule has 0 amide bonds. The maximum atomic E-state index is 14.9. The average Bonchev–Trinajstić information content (AvgIpc) is 0.755. The Labute approximate surface area is 712 Å². The quantitative estimate of drug-likeness (QED) is 0.00889. The number of rotatable bonds is 77. The van der Waals surface area contributed by atoms with Gasteiger partial charge in [-0.05, 0) is 57.3 Å². The van der Waals surface area contributed by atoms with Crippen molar-refractivity contribution in [3.05, 3.63) is 12.2 Å². The van der Waals surface area contributed by atoms with Gasteiger partial charge in [-0.1, -0.05) is 349 Å². The fraction of sp³-hybridized carbons (Fsp3) is 0.935. The van der Waals surface area contributed by atoms with Gasteiger partial charge in [0, 0.05) is 25.7 Å². The van der Waals surface area contributed by atoms with Crippen LogP contribution in [0, 0.1) is 5.92 Å². The van der Waals surface area contributed by atoms with Gasteiger partial charge in [0.15, 0.2) is 24.8 Å². The number of hydrogen-bond donors (Lipinski definition) is 10. The second kappa shape index (κ2) is 70.4. The summed E-state index contributed by atoms with van der Waals surface area (Å²) in [5.74, 6) is -2.29. The summed E-state index contributed by atoms with van der Waals surface area (Å²) < 4.78 is 73.5. The molecule has 0 aromatic heterocycles. The van der Waals surface area contributed by atoms with E-state index in [-0.39, 0.29) is 25.7 Å². The number of esters is 4. The first-order valence-electron chi connectivity index (χ1n) is 47.8. The number of carbonyl (C=O) groups excluding carboxylic acids is 4. The molecule has 694 valence electrons. The van der Waals surface area contributed by atoms with Crippen LogP contribution in [-0.4, -0.2) is 205 Å². The molecule has 19 unspecified atom stereocenters. The molecule has 2 saturated heterocycles. The third kappa shape index (κ3) is 50.4. The van der Waals surface area contributed by atoms with Crippen molar-refractivity contribution in [3.8, 4) is 0 Å². The molecule has 3 rings (SSSR count). The number of ether oxygens (including phenoxy) is 8. The number of phosphoric ester groups is 1. The molecule has 3 fully saturated rings. The molecule has 1 saturated carbocycles. The van der Waals surface area contributed by atoms with Crippen LogP contribution in [0.15, 0.2) is 12.2 Å². The highest BCUT2D eigenvalue weighted by Crippen LogP contribution is 2.49. The van der Waals surface area contributed by atoms with E-state index in [2.05, 4.69) is 46.8 Å². The zero-order valence-corrected chi connectivity index (χ0v) is 75.0. The Morgan fingerprint density at radius 1 is 0.356 bits per heavy atom. The summed E-state index contributed by atoms with van der Waals surface area (Å²) in [5.41, 5.74) is 0. The number of carbonyl (C=O) groups is 4. The van der Waals surface area contributed by atoms with Crippen LogP contribution in [0.5, 0.6) is 0 Å². The average molecular weight is 1710 g/mol. The van der Waals surface area contributed by atoms with Crippen LogP contribution in [0.25, 0.3) is 0 Å². The van der Waals surface area contributed by atoms with E-state index in [1.165, 1.54) is 180 Å². The van der Waals surface area contributed by atoms with Gasteiger partial charge in [-0.15, -0.1) is 0 Å². The van der Waals surface area contributed by atoms with E-state index in [0.29, 0.717) is 38.0 Å². The van der Waals surface area contributed by atoms with Gasteiger partial charge in [-0.3, -0.25) is 28.2 Å². The third-order valence-electron chi connectivity index (χ3n) is 23.7. The Kier molecular flexibility index (Phi) is 65.2. The molecule has 25 nitrogen and oxygen atoms in total. The Bertz CT molecular complexity index is 2520. The fourth-order valence-electron chi connectivity index (χ4n) is 16.0. The first-order chi connectivity index (χ1) is 57.1. The van der Waals surface area contributed by atoms with E-state index >= 15 is 0 Å². The van der Waals surface area contributed by atoms with Gasteiger partial charge in [-0.2, -0.15) is 0 Å². The molecule has 118 heavy (non-hydrogen) atoms. The van der Waals surface area contributed by atoms with Crippen LogP contribution in [0.3, 0.4) is 0 Å². The summed E-state index contributed by atoms with van der Waals surface area (Å²) in [7, 11) is -5.81. The molecule has 2 aliphatic heterocycles. The summed E-state index contributed by atoms with van der Waals surface area (Å²) in [6.07, 6.45) is 27.7. The van der Waals surface area contributed by atoms with E-state index in [4.69, 9.17) is 46.9 Å². The molecular formula is C92H171O25P. The third-order valence-corrected chi connectivity index (χ3v) is 24.7.